The van der Waals surface area contributed by atoms with Crippen LogP contribution < -0.4 is 5.32 Å². The van der Waals surface area contributed by atoms with Crippen LogP contribution in [0.3, 0.4) is 0 Å². The van der Waals surface area contributed by atoms with Crippen LogP contribution in [0.5, 0.6) is 0 Å². The quantitative estimate of drug-likeness (QED) is 0.772. The van der Waals surface area contributed by atoms with E-state index in [2.05, 4.69) is 39.6 Å². The zero-order valence-electron chi connectivity index (χ0n) is 11.5. The summed E-state index contributed by atoms with van der Waals surface area (Å²) in [4.78, 5) is 8.94. The number of nitrogens with one attached hydrogen (secondary N) is 1. The first-order valence-corrected chi connectivity index (χ1v) is 6.79. The van der Waals surface area contributed by atoms with Gasteiger partial charge in [-0.2, -0.15) is 4.98 Å². The molecule has 0 radical (unpaired) electrons. The summed E-state index contributed by atoms with van der Waals surface area (Å²) in [6, 6.07) is 14.4. The first kappa shape index (κ1) is 12.8. The Morgan fingerprint density at radius 1 is 1.00 bits per heavy atom. The third-order valence-corrected chi connectivity index (χ3v) is 3.20. The summed E-state index contributed by atoms with van der Waals surface area (Å²) in [7, 11) is 1.87. The lowest BCUT2D eigenvalue weighted by Gasteiger charge is -2.00. The van der Waals surface area contributed by atoms with Crippen LogP contribution in [-0.2, 0) is 19.4 Å². The van der Waals surface area contributed by atoms with E-state index >= 15 is 0 Å². The second-order valence-electron chi connectivity index (χ2n) is 4.75. The van der Waals surface area contributed by atoms with Gasteiger partial charge in [0.25, 0.3) is 0 Å². The van der Waals surface area contributed by atoms with Crippen LogP contribution in [0.25, 0.3) is 11.2 Å². The lowest BCUT2D eigenvalue weighted by molar-refractivity contribution is 0.511. The fourth-order valence-electron chi connectivity index (χ4n) is 2.19. The molecule has 0 bridgehead atoms. The van der Waals surface area contributed by atoms with Crippen molar-refractivity contribution in [3.63, 3.8) is 0 Å². The molecule has 3 aromatic rings. The highest BCUT2D eigenvalue weighted by Crippen LogP contribution is 2.15. The van der Waals surface area contributed by atoms with Gasteiger partial charge in [-0.3, -0.25) is 0 Å². The highest BCUT2D eigenvalue weighted by atomic mass is 16.3. The minimum Gasteiger partial charge on any atom is -0.438 e. The van der Waals surface area contributed by atoms with E-state index < -0.39 is 0 Å². The molecule has 0 saturated carbocycles. The molecule has 2 heterocycles. The number of pyridine rings is 1. The summed E-state index contributed by atoms with van der Waals surface area (Å²) in [5.41, 5.74) is 3.82. The molecule has 0 amide bonds. The van der Waals surface area contributed by atoms with E-state index in [0.29, 0.717) is 18.1 Å². The molecule has 0 atom stereocenters. The van der Waals surface area contributed by atoms with Crippen LogP contribution in [0, 0.1) is 0 Å². The Bertz CT molecular complexity index is 691. The largest absolute Gasteiger partial charge is 0.438 e. The van der Waals surface area contributed by atoms with E-state index in [-0.39, 0.29) is 0 Å². The SMILES string of the molecule is CNCc1nc2nc(CCc3ccccc3)ccc2o1. The molecule has 4 nitrogen and oxygen atoms in total. The van der Waals surface area contributed by atoms with Crippen LogP contribution in [-0.4, -0.2) is 17.0 Å². The Morgan fingerprint density at radius 3 is 2.65 bits per heavy atom. The molecular weight excluding hydrogens is 250 g/mol. The first-order valence-electron chi connectivity index (χ1n) is 6.79. The van der Waals surface area contributed by atoms with Gasteiger partial charge in [-0.25, -0.2) is 4.98 Å². The van der Waals surface area contributed by atoms with Crippen LogP contribution in [0.2, 0.25) is 0 Å². The summed E-state index contributed by atoms with van der Waals surface area (Å²) >= 11 is 0. The fourth-order valence-corrected chi connectivity index (χ4v) is 2.19. The summed E-state index contributed by atoms with van der Waals surface area (Å²) in [6.45, 7) is 0.621. The van der Waals surface area contributed by atoms with Crippen molar-refractivity contribution in [2.45, 2.75) is 19.4 Å². The standard InChI is InChI=1S/C16H17N3O/c1-17-11-15-19-16-14(20-15)10-9-13(18-16)8-7-12-5-3-2-4-6-12/h2-6,9-10,17H,7-8,11H2,1H3. The molecule has 3 rings (SSSR count). The predicted octanol–water partition coefficient (Wildman–Crippen LogP) is 2.73. The van der Waals surface area contributed by atoms with Gasteiger partial charge in [0, 0.05) is 5.69 Å². The number of hydrogen-bond acceptors (Lipinski definition) is 4. The van der Waals surface area contributed by atoms with Crippen LogP contribution in [0.4, 0.5) is 0 Å². The van der Waals surface area contributed by atoms with Crippen molar-refractivity contribution < 1.29 is 4.42 Å². The maximum atomic E-state index is 5.59. The van der Waals surface area contributed by atoms with E-state index in [4.69, 9.17) is 4.42 Å². The van der Waals surface area contributed by atoms with Gasteiger partial charge < -0.3 is 9.73 Å². The molecule has 0 spiro atoms. The van der Waals surface area contributed by atoms with Gasteiger partial charge in [-0.15, -0.1) is 0 Å². The van der Waals surface area contributed by atoms with Gasteiger partial charge >= 0.3 is 0 Å². The minimum atomic E-state index is 0.621. The Hall–Kier alpha value is -2.20. The Labute approximate surface area is 117 Å². The number of benzene rings is 1. The van der Waals surface area contributed by atoms with Crippen molar-refractivity contribution in [3.8, 4) is 0 Å². The van der Waals surface area contributed by atoms with Crippen molar-refractivity contribution in [1.82, 2.24) is 15.3 Å². The van der Waals surface area contributed by atoms with Gasteiger partial charge in [0.05, 0.1) is 6.54 Å². The summed E-state index contributed by atoms with van der Waals surface area (Å²) in [5.74, 6) is 0.676. The highest BCUT2D eigenvalue weighted by Gasteiger charge is 2.07. The lowest BCUT2D eigenvalue weighted by atomic mass is 10.1. The van der Waals surface area contributed by atoms with Gasteiger partial charge in [0.1, 0.15) is 0 Å². The first-order chi connectivity index (χ1) is 9.85. The number of aromatic nitrogens is 2. The smallest absolute Gasteiger partial charge is 0.211 e. The minimum absolute atomic E-state index is 0.621. The highest BCUT2D eigenvalue weighted by molar-refractivity contribution is 5.67. The van der Waals surface area contributed by atoms with Crippen LogP contribution >= 0.6 is 0 Å². The Morgan fingerprint density at radius 2 is 1.85 bits per heavy atom. The van der Waals surface area contributed by atoms with Crippen molar-refractivity contribution in [2.75, 3.05) is 7.05 Å². The van der Waals surface area contributed by atoms with Crippen molar-refractivity contribution in [1.29, 1.82) is 0 Å². The van der Waals surface area contributed by atoms with Crippen LogP contribution in [0.15, 0.2) is 46.9 Å². The molecule has 0 saturated heterocycles. The zero-order chi connectivity index (χ0) is 13.8. The molecule has 2 aromatic heterocycles. The Balaban J connectivity index is 1.75. The molecule has 0 aliphatic carbocycles. The van der Waals surface area contributed by atoms with Gasteiger partial charge in [-0.1, -0.05) is 30.3 Å². The molecule has 102 valence electrons. The third kappa shape index (κ3) is 2.86. The zero-order valence-corrected chi connectivity index (χ0v) is 11.5. The summed E-state index contributed by atoms with van der Waals surface area (Å²) < 4.78 is 5.59. The molecular formula is C16H17N3O. The molecule has 0 aliphatic rings. The number of fused-ring (bicyclic) bond motifs is 1. The number of hydrogen-bond donors (Lipinski definition) is 1. The van der Waals surface area contributed by atoms with E-state index in [1.54, 1.807) is 0 Å². The van der Waals surface area contributed by atoms with Gasteiger partial charge in [0.15, 0.2) is 11.2 Å². The molecule has 0 aliphatic heterocycles. The molecule has 1 aromatic carbocycles. The van der Waals surface area contributed by atoms with E-state index in [1.165, 1.54) is 5.56 Å². The Kier molecular flexibility index (Phi) is 3.74. The van der Waals surface area contributed by atoms with E-state index in [1.807, 2.05) is 25.2 Å². The molecule has 20 heavy (non-hydrogen) atoms. The third-order valence-electron chi connectivity index (χ3n) is 3.20. The summed E-state index contributed by atoms with van der Waals surface area (Å²) in [6.07, 6.45) is 1.90. The maximum Gasteiger partial charge on any atom is 0.211 e. The average Bonchev–Trinajstić information content (AvgIpc) is 2.88. The number of oxazole rings is 1. The van der Waals surface area contributed by atoms with Gasteiger partial charge in [0.2, 0.25) is 5.89 Å². The maximum absolute atomic E-state index is 5.59. The average molecular weight is 267 g/mol. The molecule has 1 N–H and O–H groups in total. The second kappa shape index (κ2) is 5.84. The van der Waals surface area contributed by atoms with Crippen molar-refractivity contribution in [3.05, 3.63) is 59.6 Å². The second-order valence-corrected chi connectivity index (χ2v) is 4.75. The number of rotatable bonds is 5. The topological polar surface area (TPSA) is 51.0 Å². The van der Waals surface area contributed by atoms with Crippen LogP contribution in [0.1, 0.15) is 17.1 Å². The van der Waals surface area contributed by atoms with Crippen molar-refractivity contribution in [2.24, 2.45) is 0 Å². The molecule has 0 unspecified atom stereocenters. The van der Waals surface area contributed by atoms with E-state index in [9.17, 15) is 0 Å². The van der Waals surface area contributed by atoms with Gasteiger partial charge in [-0.05, 0) is 37.6 Å². The molecule has 0 fully saturated rings. The fraction of sp³-hybridized carbons (Fsp3) is 0.250. The number of aryl methyl sites for hydroxylation is 2. The monoisotopic (exact) mass is 267 g/mol. The van der Waals surface area contributed by atoms with Crippen molar-refractivity contribution >= 4 is 11.2 Å². The lowest BCUT2D eigenvalue weighted by Crippen LogP contribution is -2.04. The number of nitrogens with zero attached hydrogens (tertiary/aromatic N) is 2. The normalized spacial score (nSPS) is 11.1. The summed E-state index contributed by atoms with van der Waals surface area (Å²) in [5, 5.41) is 3.02. The van der Waals surface area contributed by atoms with E-state index in [0.717, 1.165) is 24.1 Å². The predicted molar refractivity (Wildman–Crippen MR) is 78.4 cm³/mol. The molecule has 4 heteroatoms.